The van der Waals surface area contributed by atoms with Crippen LogP contribution in [-0.2, 0) is 0 Å². The third-order valence-electron chi connectivity index (χ3n) is 2.63. The summed E-state index contributed by atoms with van der Waals surface area (Å²) < 4.78 is 0. The monoisotopic (exact) mass is 302 g/mol. The summed E-state index contributed by atoms with van der Waals surface area (Å²) in [4.78, 5) is 25.3. The fraction of sp³-hybridized carbons (Fsp3) is 0. The van der Waals surface area contributed by atoms with Crippen molar-refractivity contribution in [2.24, 2.45) is 5.10 Å². The molecule has 112 valence electrons. The summed E-state index contributed by atoms with van der Waals surface area (Å²) in [5.74, 6) is -1.59. The van der Waals surface area contributed by atoms with E-state index in [1.807, 2.05) is 0 Å². The maximum Gasteiger partial charge on any atom is 0.311 e. The molecule has 2 aromatic rings. The smallest absolute Gasteiger partial charge is 0.311 e. The number of nitro benzene ring substituents is 1. The van der Waals surface area contributed by atoms with Gasteiger partial charge in [-0.3, -0.25) is 19.9 Å². The van der Waals surface area contributed by atoms with E-state index in [1.165, 1.54) is 24.5 Å². The molecule has 22 heavy (non-hydrogen) atoms. The first-order valence-electron chi connectivity index (χ1n) is 5.93. The van der Waals surface area contributed by atoms with Gasteiger partial charge in [0.05, 0.1) is 11.1 Å². The van der Waals surface area contributed by atoms with E-state index in [2.05, 4.69) is 15.5 Å². The van der Waals surface area contributed by atoms with Crippen molar-refractivity contribution in [2.45, 2.75) is 0 Å². The maximum absolute atomic E-state index is 11.7. The van der Waals surface area contributed by atoms with Crippen LogP contribution in [0.5, 0.6) is 11.5 Å². The highest BCUT2D eigenvalue weighted by atomic mass is 16.6. The molecule has 1 amide bonds. The van der Waals surface area contributed by atoms with Gasteiger partial charge in [-0.15, -0.1) is 0 Å². The lowest BCUT2D eigenvalue weighted by molar-refractivity contribution is -0.385. The number of carbonyl (C=O) groups is 1. The summed E-state index contributed by atoms with van der Waals surface area (Å²) in [6.07, 6.45) is 3.91. The summed E-state index contributed by atoms with van der Waals surface area (Å²) in [6.45, 7) is 0. The number of phenols is 2. The Bertz CT molecular complexity index is 746. The van der Waals surface area contributed by atoms with Crippen molar-refractivity contribution in [2.75, 3.05) is 0 Å². The zero-order valence-corrected chi connectivity index (χ0v) is 11.0. The zero-order chi connectivity index (χ0) is 16.1. The van der Waals surface area contributed by atoms with E-state index in [0.717, 1.165) is 18.3 Å². The molecule has 0 saturated heterocycles. The molecular formula is C13H10N4O5. The van der Waals surface area contributed by atoms with Crippen LogP contribution in [0.1, 0.15) is 15.9 Å². The number of hydrogen-bond donors (Lipinski definition) is 3. The van der Waals surface area contributed by atoms with Crippen LogP contribution >= 0.6 is 0 Å². The van der Waals surface area contributed by atoms with Gasteiger partial charge >= 0.3 is 5.69 Å². The van der Waals surface area contributed by atoms with Crippen LogP contribution in [0.3, 0.4) is 0 Å². The number of hydrazone groups is 1. The van der Waals surface area contributed by atoms with E-state index in [9.17, 15) is 25.1 Å². The number of amides is 1. The molecule has 1 heterocycles. The van der Waals surface area contributed by atoms with Crippen LogP contribution in [0, 0.1) is 10.1 Å². The van der Waals surface area contributed by atoms with Gasteiger partial charge in [-0.1, -0.05) is 0 Å². The molecule has 1 aromatic heterocycles. The van der Waals surface area contributed by atoms with Crippen molar-refractivity contribution in [3.63, 3.8) is 0 Å². The third-order valence-corrected chi connectivity index (χ3v) is 2.63. The molecule has 0 atom stereocenters. The highest BCUT2D eigenvalue weighted by Gasteiger charge is 2.16. The quantitative estimate of drug-likeness (QED) is 0.440. The Morgan fingerprint density at radius 3 is 2.59 bits per heavy atom. The molecule has 0 radical (unpaired) electrons. The molecule has 0 bridgehead atoms. The van der Waals surface area contributed by atoms with Gasteiger partial charge in [0, 0.05) is 35.7 Å². The Hall–Kier alpha value is -3.49. The molecule has 1 aromatic carbocycles. The second kappa shape index (κ2) is 6.31. The Balaban J connectivity index is 2.15. The topological polar surface area (TPSA) is 138 Å². The lowest BCUT2D eigenvalue weighted by atomic mass is 10.2. The second-order valence-corrected chi connectivity index (χ2v) is 4.09. The van der Waals surface area contributed by atoms with Crippen LogP contribution in [0.4, 0.5) is 5.69 Å². The number of phenolic OH excluding ortho intramolecular Hbond substituents is 2. The second-order valence-electron chi connectivity index (χ2n) is 4.09. The van der Waals surface area contributed by atoms with Crippen molar-refractivity contribution in [1.29, 1.82) is 0 Å². The van der Waals surface area contributed by atoms with Gasteiger partial charge in [0.2, 0.25) is 0 Å². The average molecular weight is 302 g/mol. The normalized spacial score (nSPS) is 10.5. The Labute approximate surface area is 123 Å². The number of pyridine rings is 1. The molecule has 2 rings (SSSR count). The van der Waals surface area contributed by atoms with E-state index in [0.29, 0.717) is 5.56 Å². The van der Waals surface area contributed by atoms with Gasteiger partial charge < -0.3 is 10.2 Å². The van der Waals surface area contributed by atoms with Crippen molar-refractivity contribution in [1.82, 2.24) is 10.4 Å². The van der Waals surface area contributed by atoms with Crippen molar-refractivity contribution < 1.29 is 19.9 Å². The van der Waals surface area contributed by atoms with E-state index in [1.54, 1.807) is 0 Å². The fourth-order valence-corrected chi connectivity index (χ4v) is 1.56. The van der Waals surface area contributed by atoms with Gasteiger partial charge in [-0.05, 0) is 12.1 Å². The maximum atomic E-state index is 11.7. The number of hydrogen-bond acceptors (Lipinski definition) is 7. The van der Waals surface area contributed by atoms with Gasteiger partial charge in [0.15, 0.2) is 5.75 Å². The van der Waals surface area contributed by atoms with Crippen LogP contribution in [0.25, 0.3) is 0 Å². The van der Waals surface area contributed by atoms with Crippen LogP contribution in [-0.4, -0.2) is 32.2 Å². The van der Waals surface area contributed by atoms with Crippen LogP contribution in [0.2, 0.25) is 0 Å². The van der Waals surface area contributed by atoms with Crippen molar-refractivity contribution >= 4 is 17.8 Å². The zero-order valence-electron chi connectivity index (χ0n) is 11.0. The lowest BCUT2D eigenvalue weighted by Crippen LogP contribution is -2.17. The molecule has 0 fully saturated rings. The first-order chi connectivity index (χ1) is 10.5. The number of nitrogens with one attached hydrogen (secondary N) is 1. The number of nitrogens with zero attached hydrogens (tertiary/aromatic N) is 3. The van der Waals surface area contributed by atoms with E-state index in [-0.39, 0.29) is 5.56 Å². The van der Waals surface area contributed by atoms with Gasteiger partial charge in [-0.2, -0.15) is 5.10 Å². The summed E-state index contributed by atoms with van der Waals surface area (Å²) in [5, 5.41) is 33.2. The fourth-order valence-electron chi connectivity index (χ4n) is 1.56. The van der Waals surface area contributed by atoms with Crippen LogP contribution in [0.15, 0.2) is 41.8 Å². The summed E-state index contributed by atoms with van der Waals surface area (Å²) in [7, 11) is 0. The summed E-state index contributed by atoms with van der Waals surface area (Å²) >= 11 is 0. The van der Waals surface area contributed by atoms with E-state index >= 15 is 0 Å². The minimum Gasteiger partial charge on any atom is -0.507 e. The van der Waals surface area contributed by atoms with Crippen LogP contribution < -0.4 is 5.43 Å². The first-order valence-corrected chi connectivity index (χ1v) is 5.93. The highest BCUT2D eigenvalue weighted by Crippen LogP contribution is 2.31. The molecular weight excluding hydrogens is 292 g/mol. The SMILES string of the molecule is O=C(NN=Cc1cc([N+](=O)[O-])c(O)cc1O)c1ccncc1. The molecule has 0 aliphatic carbocycles. The summed E-state index contributed by atoms with van der Waals surface area (Å²) in [6, 6.07) is 4.72. The van der Waals surface area contributed by atoms with Gasteiger partial charge in [0.1, 0.15) is 5.75 Å². The van der Waals surface area contributed by atoms with Crippen molar-refractivity contribution in [3.8, 4) is 11.5 Å². The van der Waals surface area contributed by atoms with E-state index in [4.69, 9.17) is 0 Å². The molecule has 0 aliphatic heterocycles. The molecule has 0 saturated carbocycles. The molecule has 9 nitrogen and oxygen atoms in total. The number of nitro groups is 1. The standard InChI is InChI=1S/C13H10N4O5/c18-11-6-12(19)10(17(21)22)5-9(11)7-15-16-13(20)8-1-3-14-4-2-8/h1-7,18-19H,(H,16,20). The minimum absolute atomic E-state index is 0.0282. The Kier molecular flexibility index (Phi) is 4.27. The molecule has 0 spiro atoms. The number of aromatic nitrogens is 1. The lowest BCUT2D eigenvalue weighted by Gasteiger charge is -2.02. The van der Waals surface area contributed by atoms with E-state index < -0.39 is 28.0 Å². The average Bonchev–Trinajstić information content (AvgIpc) is 2.49. The van der Waals surface area contributed by atoms with Gasteiger partial charge in [0.25, 0.3) is 5.91 Å². The number of rotatable bonds is 4. The minimum atomic E-state index is -0.804. The first kappa shape index (κ1) is 14.9. The van der Waals surface area contributed by atoms with Gasteiger partial charge in [-0.25, -0.2) is 5.43 Å². The number of benzene rings is 1. The third kappa shape index (κ3) is 3.33. The Morgan fingerprint density at radius 2 is 1.95 bits per heavy atom. The molecule has 9 heteroatoms. The summed E-state index contributed by atoms with van der Waals surface area (Å²) in [5.41, 5.74) is 1.91. The molecule has 3 N–H and O–H groups in total. The van der Waals surface area contributed by atoms with Crippen molar-refractivity contribution in [3.05, 3.63) is 57.9 Å². The predicted molar refractivity (Wildman–Crippen MR) is 75.7 cm³/mol. The highest BCUT2D eigenvalue weighted by molar-refractivity contribution is 5.95. The molecule has 0 unspecified atom stereocenters. The predicted octanol–water partition coefficient (Wildman–Crippen LogP) is 1.16. The molecule has 0 aliphatic rings. The number of carbonyl (C=O) groups excluding carboxylic acids is 1. The number of aromatic hydroxyl groups is 2. The Morgan fingerprint density at radius 1 is 1.27 bits per heavy atom. The largest absolute Gasteiger partial charge is 0.507 e.